The smallest absolute Gasteiger partial charge is 0.261 e. The Morgan fingerprint density at radius 2 is 1.98 bits per heavy atom. The van der Waals surface area contributed by atoms with Crippen molar-refractivity contribution in [3.8, 4) is 11.8 Å². The van der Waals surface area contributed by atoms with Gasteiger partial charge in [0.15, 0.2) is 5.13 Å². The lowest BCUT2D eigenvalue weighted by atomic mass is 9.85. The van der Waals surface area contributed by atoms with Crippen LogP contribution in [0.15, 0.2) is 48.2 Å². The van der Waals surface area contributed by atoms with Gasteiger partial charge in [-0.3, -0.25) is 23.9 Å². The van der Waals surface area contributed by atoms with Crippen LogP contribution < -0.4 is 14.4 Å². The second kappa shape index (κ2) is 12.6. The summed E-state index contributed by atoms with van der Waals surface area (Å²) in [6.45, 7) is 5.93. The Labute approximate surface area is 238 Å². The van der Waals surface area contributed by atoms with Gasteiger partial charge in [0.05, 0.1) is 26.0 Å². The molecule has 0 aliphatic carbocycles. The lowest BCUT2D eigenvalue weighted by Crippen LogP contribution is -2.64. The van der Waals surface area contributed by atoms with Crippen LogP contribution in [0.2, 0.25) is 0 Å². The van der Waals surface area contributed by atoms with Crippen LogP contribution >= 0.6 is 11.3 Å². The first-order valence-corrected chi connectivity index (χ1v) is 15.4. The summed E-state index contributed by atoms with van der Waals surface area (Å²) in [5.41, 5.74) is -0.910. The summed E-state index contributed by atoms with van der Waals surface area (Å²) in [7, 11) is -2.48. The molecule has 214 valence electrons. The van der Waals surface area contributed by atoms with E-state index in [4.69, 9.17) is 10.00 Å². The summed E-state index contributed by atoms with van der Waals surface area (Å²) in [5, 5.41) is 15.2. The molecule has 3 rings (SSSR count). The number of nitrogens with zero attached hydrogens (tertiary/aromatic N) is 5. The summed E-state index contributed by atoms with van der Waals surface area (Å²) in [6, 6.07) is 8.84. The molecule has 1 N–H and O–H groups in total. The molecule has 1 aromatic carbocycles. The first kappa shape index (κ1) is 30.8. The average molecular weight is 587 g/mol. The Morgan fingerprint density at radius 1 is 1.23 bits per heavy atom. The molecule has 2 amide bonds. The minimum absolute atomic E-state index is 0.0401. The molecule has 1 atom stereocenters. The molecule has 0 bridgehead atoms. The zero-order chi connectivity index (χ0) is 29.6. The largest absolute Gasteiger partial charge is 0.496 e. The van der Waals surface area contributed by atoms with Crippen molar-refractivity contribution in [2.24, 2.45) is 0 Å². The molecule has 13 heteroatoms. The number of hydrogen-bond acceptors (Lipinski definition) is 9. The number of carbonyl (C=O) groups excluding carboxylic acids is 2. The molecular weight excluding hydrogens is 552 g/mol. The van der Waals surface area contributed by atoms with Crippen molar-refractivity contribution in [3.05, 3.63) is 59.4 Å². The Kier molecular flexibility index (Phi) is 9.70. The number of carbonyl (C=O) groups is 2. The number of nitriles is 1. The summed E-state index contributed by atoms with van der Waals surface area (Å²) in [4.78, 5) is 34.1. The number of rotatable bonds is 12. The van der Waals surface area contributed by atoms with Crippen LogP contribution in [-0.2, 0) is 26.8 Å². The van der Waals surface area contributed by atoms with Gasteiger partial charge in [0.1, 0.15) is 11.3 Å². The van der Waals surface area contributed by atoms with Crippen LogP contribution in [0.3, 0.4) is 0 Å². The molecule has 0 spiro atoms. The number of aromatic nitrogens is 3. The van der Waals surface area contributed by atoms with E-state index in [2.05, 4.69) is 20.9 Å². The van der Waals surface area contributed by atoms with Gasteiger partial charge >= 0.3 is 0 Å². The van der Waals surface area contributed by atoms with E-state index >= 15 is 0 Å². The fraction of sp³-hybridized carbons (Fsp3) is 0.444. The van der Waals surface area contributed by atoms with Gasteiger partial charge in [-0.2, -0.15) is 10.4 Å². The van der Waals surface area contributed by atoms with E-state index < -0.39 is 27.4 Å². The Balaban J connectivity index is 2.26. The maximum Gasteiger partial charge on any atom is 0.261 e. The number of benzene rings is 1. The van der Waals surface area contributed by atoms with Gasteiger partial charge in [0.25, 0.3) is 11.8 Å². The maximum atomic E-state index is 14.4. The zero-order valence-corrected chi connectivity index (χ0v) is 24.9. The monoisotopic (exact) mass is 586 g/mol. The highest BCUT2D eigenvalue weighted by Crippen LogP contribution is 2.37. The van der Waals surface area contributed by atoms with Crippen LogP contribution in [0.1, 0.15) is 62.4 Å². The zero-order valence-electron chi connectivity index (χ0n) is 23.2. The van der Waals surface area contributed by atoms with Gasteiger partial charge in [-0.1, -0.05) is 26.8 Å². The van der Waals surface area contributed by atoms with Gasteiger partial charge in [-0.25, -0.2) is 13.4 Å². The Morgan fingerprint density at radius 3 is 2.52 bits per heavy atom. The van der Waals surface area contributed by atoms with E-state index in [0.29, 0.717) is 18.6 Å². The van der Waals surface area contributed by atoms with Crippen molar-refractivity contribution in [2.75, 3.05) is 18.3 Å². The number of thiazole rings is 1. The fourth-order valence-corrected chi connectivity index (χ4v) is 5.71. The van der Waals surface area contributed by atoms with Crippen molar-refractivity contribution < 1.29 is 22.7 Å². The highest BCUT2D eigenvalue weighted by molar-refractivity contribution is 7.89. The third kappa shape index (κ3) is 7.25. The number of anilines is 1. The minimum atomic E-state index is -4.00. The van der Waals surface area contributed by atoms with Crippen LogP contribution in [0.5, 0.6) is 5.75 Å². The molecule has 0 saturated heterocycles. The van der Waals surface area contributed by atoms with Crippen molar-refractivity contribution in [1.82, 2.24) is 19.5 Å². The molecular formula is C27H34N6O5S2. The van der Waals surface area contributed by atoms with E-state index in [9.17, 15) is 18.0 Å². The highest BCUT2D eigenvalue weighted by atomic mass is 32.2. The molecule has 0 fully saturated rings. The SMILES string of the molecule is COc1cc(C(=O)N(c2nccs2)C(CCCCC#N)(Cn2cccn2)C(=O)NS(C)(=O)=O)ccc1C(C)(C)C. The molecule has 0 aliphatic rings. The maximum absolute atomic E-state index is 14.4. The van der Waals surface area contributed by atoms with E-state index in [1.807, 2.05) is 26.8 Å². The molecule has 2 heterocycles. The number of methoxy groups -OCH3 is 1. The molecule has 0 saturated carbocycles. The van der Waals surface area contributed by atoms with Crippen molar-refractivity contribution in [1.29, 1.82) is 5.26 Å². The summed E-state index contributed by atoms with van der Waals surface area (Å²) in [6.07, 6.45) is 6.62. The van der Waals surface area contributed by atoms with E-state index in [-0.39, 0.29) is 35.5 Å². The first-order chi connectivity index (χ1) is 18.8. The fourth-order valence-electron chi connectivity index (χ4n) is 4.46. The third-order valence-electron chi connectivity index (χ3n) is 6.31. The third-order valence-corrected chi connectivity index (χ3v) is 7.62. The second-order valence-corrected chi connectivity index (χ2v) is 13.0. The van der Waals surface area contributed by atoms with Crippen LogP contribution in [0.4, 0.5) is 5.13 Å². The van der Waals surface area contributed by atoms with Gasteiger partial charge < -0.3 is 4.74 Å². The molecule has 1 unspecified atom stereocenters. The van der Waals surface area contributed by atoms with Gasteiger partial charge in [0.2, 0.25) is 10.0 Å². The number of ether oxygens (including phenoxy) is 1. The number of hydrogen-bond donors (Lipinski definition) is 1. The number of amides is 2. The lowest BCUT2D eigenvalue weighted by molar-refractivity contribution is -0.125. The van der Waals surface area contributed by atoms with E-state index in [1.54, 1.807) is 29.8 Å². The standard InChI is InChI=1S/C27H34N6O5S2/c1-26(2,3)21-11-10-20(18-22(21)38-4)23(34)33(25-29-15-17-39-25)27(12-7-6-8-13-28,19-32-16-9-14-30-32)24(35)31-40(5,36)37/h9-11,14-18H,6-8,12,19H2,1-5H3,(H,31,35). The average Bonchev–Trinajstić information content (AvgIpc) is 3.59. The molecule has 2 aromatic heterocycles. The van der Waals surface area contributed by atoms with E-state index in [0.717, 1.165) is 23.2 Å². The van der Waals surface area contributed by atoms with Crippen LogP contribution in [-0.4, -0.2) is 53.9 Å². The van der Waals surface area contributed by atoms with Gasteiger partial charge in [0, 0.05) is 36.0 Å². The molecule has 0 aliphatic heterocycles. The molecule has 3 aromatic rings. The number of sulfonamides is 1. The van der Waals surface area contributed by atoms with Crippen LogP contribution in [0.25, 0.3) is 0 Å². The predicted molar refractivity (Wildman–Crippen MR) is 153 cm³/mol. The summed E-state index contributed by atoms with van der Waals surface area (Å²) < 4.78 is 33.8. The molecule has 11 nitrogen and oxygen atoms in total. The molecule has 40 heavy (non-hydrogen) atoms. The lowest BCUT2D eigenvalue weighted by Gasteiger charge is -2.41. The minimum Gasteiger partial charge on any atom is -0.496 e. The Hall–Kier alpha value is -3.76. The number of nitrogens with one attached hydrogen (secondary N) is 1. The van der Waals surface area contributed by atoms with Gasteiger partial charge in [-0.05, 0) is 48.4 Å². The van der Waals surface area contributed by atoms with E-state index in [1.165, 1.54) is 29.1 Å². The van der Waals surface area contributed by atoms with Crippen molar-refractivity contribution >= 4 is 38.3 Å². The van der Waals surface area contributed by atoms with Crippen molar-refractivity contribution in [2.45, 2.75) is 64.0 Å². The summed E-state index contributed by atoms with van der Waals surface area (Å²) in [5.74, 6) is -0.959. The molecule has 0 radical (unpaired) electrons. The highest BCUT2D eigenvalue weighted by Gasteiger charge is 2.50. The Bertz CT molecular complexity index is 1460. The number of unbranched alkanes of at least 4 members (excludes halogenated alkanes) is 2. The quantitative estimate of drug-likeness (QED) is 0.314. The van der Waals surface area contributed by atoms with Crippen LogP contribution in [0, 0.1) is 11.3 Å². The predicted octanol–water partition coefficient (Wildman–Crippen LogP) is 3.89. The van der Waals surface area contributed by atoms with Gasteiger partial charge in [-0.15, -0.1) is 11.3 Å². The summed E-state index contributed by atoms with van der Waals surface area (Å²) >= 11 is 1.14. The van der Waals surface area contributed by atoms with Crippen molar-refractivity contribution in [3.63, 3.8) is 0 Å². The first-order valence-electron chi connectivity index (χ1n) is 12.6. The normalized spacial score (nSPS) is 13.2. The topological polar surface area (TPSA) is 147 Å². The second-order valence-electron chi connectivity index (χ2n) is 10.4.